The van der Waals surface area contributed by atoms with Crippen LogP contribution >= 0.6 is 0 Å². The van der Waals surface area contributed by atoms with Crippen LogP contribution in [0.5, 0.6) is 0 Å². The predicted octanol–water partition coefficient (Wildman–Crippen LogP) is 2.11. The highest BCUT2D eigenvalue weighted by atomic mass is 16.2. The number of carbonyl (C=O) groups excluding carboxylic acids is 1. The summed E-state index contributed by atoms with van der Waals surface area (Å²) in [6.45, 7) is 5.73. The fourth-order valence-corrected chi connectivity index (χ4v) is 1.25. The maximum Gasteiger partial charge on any atom is 0.319 e. The van der Waals surface area contributed by atoms with Gasteiger partial charge >= 0.3 is 6.03 Å². The van der Waals surface area contributed by atoms with Gasteiger partial charge in [-0.25, -0.2) is 4.79 Å². The summed E-state index contributed by atoms with van der Waals surface area (Å²) in [4.78, 5) is 11.4. The van der Waals surface area contributed by atoms with Crippen LogP contribution in [-0.2, 0) is 0 Å². The summed E-state index contributed by atoms with van der Waals surface area (Å²) in [6, 6.07) is 5.31. The van der Waals surface area contributed by atoms with Crippen LogP contribution in [0.25, 0.3) is 0 Å². The number of aryl methyl sites for hydroxylation is 1. The standard InChI is InChI=1S/C11H17N3O/c1-7(2)13-11(15)14-10-5-4-9(12)6-8(10)3/h4-7H,12H2,1-3H3,(H2,13,14,15). The van der Waals surface area contributed by atoms with Gasteiger partial charge in [-0.3, -0.25) is 0 Å². The molecule has 0 aliphatic rings. The van der Waals surface area contributed by atoms with Crippen LogP contribution in [0.4, 0.5) is 16.2 Å². The molecule has 0 aliphatic heterocycles. The Balaban J connectivity index is 2.68. The Bertz CT molecular complexity index is 361. The minimum atomic E-state index is -0.196. The smallest absolute Gasteiger partial charge is 0.319 e. The quantitative estimate of drug-likeness (QED) is 0.650. The molecule has 0 spiro atoms. The summed E-state index contributed by atoms with van der Waals surface area (Å²) >= 11 is 0. The maximum atomic E-state index is 11.4. The van der Waals surface area contributed by atoms with Crippen LogP contribution < -0.4 is 16.4 Å². The Morgan fingerprint density at radius 2 is 2.07 bits per heavy atom. The number of hydrogen-bond donors (Lipinski definition) is 3. The Hall–Kier alpha value is -1.71. The molecule has 4 nitrogen and oxygen atoms in total. The summed E-state index contributed by atoms with van der Waals surface area (Å²) in [7, 11) is 0. The van der Waals surface area contributed by atoms with Crippen molar-refractivity contribution in [1.29, 1.82) is 0 Å². The minimum Gasteiger partial charge on any atom is -0.399 e. The van der Waals surface area contributed by atoms with E-state index in [2.05, 4.69) is 10.6 Å². The molecule has 0 aliphatic carbocycles. The highest BCUT2D eigenvalue weighted by Gasteiger charge is 2.05. The average Bonchev–Trinajstić information content (AvgIpc) is 2.08. The Kier molecular flexibility index (Phi) is 3.55. The SMILES string of the molecule is Cc1cc(N)ccc1NC(=O)NC(C)C. The molecule has 0 saturated carbocycles. The normalized spacial score (nSPS) is 10.1. The van der Waals surface area contributed by atoms with Crippen molar-refractivity contribution < 1.29 is 4.79 Å². The number of nitrogens with two attached hydrogens (primary N) is 1. The summed E-state index contributed by atoms with van der Waals surface area (Å²) in [5, 5.41) is 5.51. The van der Waals surface area contributed by atoms with Gasteiger partial charge in [0.05, 0.1) is 0 Å². The highest BCUT2D eigenvalue weighted by molar-refractivity contribution is 5.90. The van der Waals surface area contributed by atoms with Gasteiger partial charge in [-0.05, 0) is 44.5 Å². The van der Waals surface area contributed by atoms with E-state index in [1.165, 1.54) is 0 Å². The van der Waals surface area contributed by atoms with E-state index in [9.17, 15) is 4.79 Å². The van der Waals surface area contributed by atoms with Crippen molar-refractivity contribution in [2.75, 3.05) is 11.1 Å². The molecule has 0 bridgehead atoms. The molecule has 4 N–H and O–H groups in total. The first kappa shape index (κ1) is 11.4. The van der Waals surface area contributed by atoms with Gasteiger partial charge in [0.1, 0.15) is 0 Å². The first-order valence-corrected chi connectivity index (χ1v) is 4.92. The number of anilines is 2. The second kappa shape index (κ2) is 4.68. The molecule has 0 unspecified atom stereocenters. The van der Waals surface area contributed by atoms with Crippen molar-refractivity contribution in [1.82, 2.24) is 5.32 Å². The molecule has 2 amide bonds. The lowest BCUT2D eigenvalue weighted by Crippen LogP contribution is -2.34. The lowest BCUT2D eigenvalue weighted by atomic mass is 10.2. The lowest BCUT2D eigenvalue weighted by Gasteiger charge is -2.12. The number of urea groups is 1. The van der Waals surface area contributed by atoms with Crippen LogP contribution in [0, 0.1) is 6.92 Å². The summed E-state index contributed by atoms with van der Waals surface area (Å²) < 4.78 is 0. The maximum absolute atomic E-state index is 11.4. The van der Waals surface area contributed by atoms with E-state index in [0.717, 1.165) is 11.3 Å². The second-order valence-electron chi connectivity index (χ2n) is 3.83. The fourth-order valence-electron chi connectivity index (χ4n) is 1.25. The van der Waals surface area contributed by atoms with Gasteiger partial charge in [0.15, 0.2) is 0 Å². The molecule has 1 aromatic rings. The largest absolute Gasteiger partial charge is 0.399 e. The van der Waals surface area contributed by atoms with E-state index in [-0.39, 0.29) is 12.1 Å². The zero-order valence-corrected chi connectivity index (χ0v) is 9.29. The molecule has 1 rings (SSSR count). The van der Waals surface area contributed by atoms with Gasteiger partial charge in [-0.1, -0.05) is 0 Å². The molecule has 0 aromatic heterocycles. The van der Waals surface area contributed by atoms with Crippen molar-refractivity contribution in [3.63, 3.8) is 0 Å². The van der Waals surface area contributed by atoms with E-state index >= 15 is 0 Å². The summed E-state index contributed by atoms with van der Waals surface area (Å²) in [6.07, 6.45) is 0. The van der Waals surface area contributed by atoms with Crippen LogP contribution in [0.3, 0.4) is 0 Å². The third-order valence-electron chi connectivity index (χ3n) is 1.92. The molecule has 0 fully saturated rings. The van der Waals surface area contributed by atoms with E-state index in [0.29, 0.717) is 5.69 Å². The number of rotatable bonds is 2. The van der Waals surface area contributed by atoms with E-state index in [1.54, 1.807) is 12.1 Å². The van der Waals surface area contributed by atoms with Crippen molar-refractivity contribution in [3.05, 3.63) is 23.8 Å². The molecule has 4 heteroatoms. The molecule has 0 radical (unpaired) electrons. The van der Waals surface area contributed by atoms with Gasteiger partial charge in [0.25, 0.3) is 0 Å². The molecule has 0 saturated heterocycles. The van der Waals surface area contributed by atoms with Gasteiger partial charge in [-0.15, -0.1) is 0 Å². The summed E-state index contributed by atoms with van der Waals surface area (Å²) in [5.74, 6) is 0. The van der Waals surface area contributed by atoms with Crippen LogP contribution in [0.2, 0.25) is 0 Å². The van der Waals surface area contributed by atoms with Gasteiger partial charge < -0.3 is 16.4 Å². The zero-order chi connectivity index (χ0) is 11.4. The van der Waals surface area contributed by atoms with Crippen molar-refractivity contribution in [2.24, 2.45) is 0 Å². The molecule has 15 heavy (non-hydrogen) atoms. The third-order valence-corrected chi connectivity index (χ3v) is 1.92. The first-order chi connectivity index (χ1) is 6.99. The fraction of sp³-hybridized carbons (Fsp3) is 0.364. The molecule has 0 heterocycles. The predicted molar refractivity (Wildman–Crippen MR) is 62.9 cm³/mol. The molecule has 82 valence electrons. The van der Waals surface area contributed by atoms with E-state index in [1.807, 2.05) is 26.8 Å². The number of nitrogens with one attached hydrogen (secondary N) is 2. The second-order valence-corrected chi connectivity index (χ2v) is 3.83. The zero-order valence-electron chi connectivity index (χ0n) is 9.29. The Morgan fingerprint density at radius 3 is 2.60 bits per heavy atom. The monoisotopic (exact) mass is 207 g/mol. The van der Waals surface area contributed by atoms with Crippen molar-refractivity contribution in [3.8, 4) is 0 Å². The number of benzene rings is 1. The van der Waals surface area contributed by atoms with E-state index in [4.69, 9.17) is 5.73 Å². The highest BCUT2D eigenvalue weighted by Crippen LogP contribution is 2.17. The van der Waals surface area contributed by atoms with E-state index < -0.39 is 0 Å². The molecular weight excluding hydrogens is 190 g/mol. The Morgan fingerprint density at radius 1 is 1.40 bits per heavy atom. The number of nitrogen functional groups attached to an aromatic ring is 1. The number of hydrogen-bond acceptors (Lipinski definition) is 2. The molecular formula is C11H17N3O. The minimum absolute atomic E-state index is 0.124. The number of amides is 2. The first-order valence-electron chi connectivity index (χ1n) is 4.92. The number of carbonyl (C=O) groups is 1. The van der Waals surface area contributed by atoms with Gasteiger partial charge in [0, 0.05) is 17.4 Å². The molecule has 0 atom stereocenters. The topological polar surface area (TPSA) is 67.1 Å². The van der Waals surface area contributed by atoms with Crippen LogP contribution in [-0.4, -0.2) is 12.1 Å². The van der Waals surface area contributed by atoms with Crippen LogP contribution in [0.15, 0.2) is 18.2 Å². The summed E-state index contributed by atoms with van der Waals surface area (Å²) in [5.41, 5.74) is 8.04. The van der Waals surface area contributed by atoms with Crippen LogP contribution in [0.1, 0.15) is 19.4 Å². The average molecular weight is 207 g/mol. The van der Waals surface area contributed by atoms with Gasteiger partial charge in [0.2, 0.25) is 0 Å². The van der Waals surface area contributed by atoms with Crippen molar-refractivity contribution >= 4 is 17.4 Å². The molecule has 1 aromatic carbocycles. The van der Waals surface area contributed by atoms with Gasteiger partial charge in [-0.2, -0.15) is 0 Å². The third kappa shape index (κ3) is 3.50. The van der Waals surface area contributed by atoms with Crippen molar-refractivity contribution in [2.45, 2.75) is 26.8 Å². The Labute approximate surface area is 89.9 Å². The lowest BCUT2D eigenvalue weighted by molar-refractivity contribution is 0.250.